The first-order valence-corrected chi connectivity index (χ1v) is 6.81. The summed E-state index contributed by atoms with van der Waals surface area (Å²) in [4.78, 5) is 14.5. The van der Waals surface area contributed by atoms with Gasteiger partial charge in [-0.15, -0.1) is 0 Å². The third-order valence-electron chi connectivity index (χ3n) is 2.88. The lowest BCUT2D eigenvalue weighted by Crippen LogP contribution is -2.09. The molecule has 0 bridgehead atoms. The lowest BCUT2D eigenvalue weighted by Gasteiger charge is -2.10. The Morgan fingerprint density at radius 3 is 3.00 bits per heavy atom. The molecule has 0 spiro atoms. The molecule has 7 heteroatoms. The highest BCUT2D eigenvalue weighted by Gasteiger charge is 2.15. The van der Waals surface area contributed by atoms with Crippen LogP contribution in [0.15, 0.2) is 36.9 Å². The number of nitrogens with one attached hydrogen (secondary N) is 1. The number of nitrogens with zero attached hydrogens (tertiary/aromatic N) is 3. The number of hydrogen-bond acceptors (Lipinski definition) is 5. The number of nitro benzene ring substituents is 1. The van der Waals surface area contributed by atoms with Gasteiger partial charge in [-0.25, -0.2) is 4.98 Å². The summed E-state index contributed by atoms with van der Waals surface area (Å²) >= 11 is 0. The van der Waals surface area contributed by atoms with Crippen molar-refractivity contribution in [1.29, 1.82) is 0 Å². The van der Waals surface area contributed by atoms with Crippen LogP contribution in [-0.2, 0) is 6.54 Å². The van der Waals surface area contributed by atoms with Gasteiger partial charge in [0.15, 0.2) is 5.75 Å². The summed E-state index contributed by atoms with van der Waals surface area (Å²) in [6.45, 7) is 3.88. The predicted molar refractivity (Wildman–Crippen MR) is 79.6 cm³/mol. The topological polar surface area (TPSA) is 82.2 Å². The van der Waals surface area contributed by atoms with Crippen LogP contribution < -0.4 is 10.1 Å². The summed E-state index contributed by atoms with van der Waals surface area (Å²) < 4.78 is 7.39. The Hall–Kier alpha value is -2.57. The fraction of sp³-hybridized carbons (Fsp3) is 0.357. The largest absolute Gasteiger partial charge is 0.487 e. The zero-order valence-corrected chi connectivity index (χ0v) is 11.9. The highest BCUT2D eigenvalue weighted by molar-refractivity contribution is 5.57. The van der Waals surface area contributed by atoms with Crippen molar-refractivity contribution >= 4 is 11.4 Å². The molecule has 0 radical (unpaired) electrons. The standard InChI is InChI=1S/C14H18N4O3/c1-2-9-21-14-10-12(3-4-13(14)18(19)20)16-6-8-17-7-5-15-11-17/h3-5,7,10-11,16H,2,6,8-9H2,1H3. The highest BCUT2D eigenvalue weighted by Crippen LogP contribution is 2.30. The lowest BCUT2D eigenvalue weighted by atomic mass is 10.2. The summed E-state index contributed by atoms with van der Waals surface area (Å²) in [5.74, 6) is 0.300. The van der Waals surface area contributed by atoms with E-state index in [1.54, 1.807) is 24.7 Å². The molecule has 1 N–H and O–H groups in total. The SMILES string of the molecule is CCCOc1cc(NCCn2ccnc2)ccc1[N+](=O)[O-]. The second-order valence-corrected chi connectivity index (χ2v) is 4.52. The maximum Gasteiger partial charge on any atom is 0.311 e. The molecular formula is C14H18N4O3. The Labute approximate surface area is 122 Å². The highest BCUT2D eigenvalue weighted by atomic mass is 16.6. The smallest absolute Gasteiger partial charge is 0.311 e. The molecule has 0 atom stereocenters. The van der Waals surface area contributed by atoms with Crippen molar-refractivity contribution in [3.05, 3.63) is 47.0 Å². The molecule has 0 saturated carbocycles. The Balaban J connectivity index is 2.00. The van der Waals surface area contributed by atoms with Crippen molar-refractivity contribution in [3.8, 4) is 5.75 Å². The third kappa shape index (κ3) is 4.20. The van der Waals surface area contributed by atoms with Crippen molar-refractivity contribution in [2.24, 2.45) is 0 Å². The molecule has 1 heterocycles. The molecular weight excluding hydrogens is 272 g/mol. The monoisotopic (exact) mass is 290 g/mol. The zero-order valence-electron chi connectivity index (χ0n) is 11.9. The van der Waals surface area contributed by atoms with Crippen LogP contribution in [0.4, 0.5) is 11.4 Å². The lowest BCUT2D eigenvalue weighted by molar-refractivity contribution is -0.385. The molecule has 1 aromatic heterocycles. The Morgan fingerprint density at radius 1 is 1.48 bits per heavy atom. The number of imidazole rings is 1. The van der Waals surface area contributed by atoms with Gasteiger partial charge in [-0.3, -0.25) is 10.1 Å². The Kier molecular flexibility index (Phi) is 5.14. The maximum absolute atomic E-state index is 11.0. The van der Waals surface area contributed by atoms with Gasteiger partial charge in [-0.2, -0.15) is 0 Å². The van der Waals surface area contributed by atoms with Crippen LogP contribution >= 0.6 is 0 Å². The van der Waals surface area contributed by atoms with E-state index in [4.69, 9.17) is 4.74 Å². The second-order valence-electron chi connectivity index (χ2n) is 4.52. The number of ether oxygens (including phenoxy) is 1. The molecule has 1 aromatic carbocycles. The van der Waals surface area contributed by atoms with Crippen LogP contribution in [0.5, 0.6) is 5.75 Å². The van der Waals surface area contributed by atoms with Crippen molar-refractivity contribution in [3.63, 3.8) is 0 Å². The minimum absolute atomic E-state index is 0.0105. The van der Waals surface area contributed by atoms with E-state index in [2.05, 4.69) is 10.3 Å². The van der Waals surface area contributed by atoms with Gasteiger partial charge < -0.3 is 14.6 Å². The van der Waals surface area contributed by atoms with E-state index >= 15 is 0 Å². The molecule has 21 heavy (non-hydrogen) atoms. The van der Waals surface area contributed by atoms with Crippen molar-refractivity contribution in [2.75, 3.05) is 18.5 Å². The van der Waals surface area contributed by atoms with E-state index in [0.717, 1.165) is 18.7 Å². The fourth-order valence-corrected chi connectivity index (χ4v) is 1.85. The normalized spacial score (nSPS) is 10.3. The summed E-state index contributed by atoms with van der Waals surface area (Å²) in [6.07, 6.45) is 6.15. The fourth-order valence-electron chi connectivity index (χ4n) is 1.85. The first kappa shape index (κ1) is 14.8. The van der Waals surface area contributed by atoms with Crippen molar-refractivity contribution in [2.45, 2.75) is 19.9 Å². The molecule has 0 saturated heterocycles. The molecule has 0 aliphatic carbocycles. The molecule has 2 rings (SSSR count). The molecule has 0 fully saturated rings. The van der Waals surface area contributed by atoms with Crippen molar-refractivity contribution in [1.82, 2.24) is 9.55 Å². The molecule has 0 aliphatic heterocycles. The second kappa shape index (κ2) is 7.28. The van der Waals surface area contributed by atoms with Gasteiger partial charge in [-0.1, -0.05) is 6.92 Å². The number of rotatable bonds is 8. The van der Waals surface area contributed by atoms with E-state index in [1.165, 1.54) is 6.07 Å². The van der Waals surface area contributed by atoms with E-state index < -0.39 is 4.92 Å². The molecule has 0 aliphatic rings. The molecule has 0 amide bonds. The zero-order chi connectivity index (χ0) is 15.1. The van der Waals surface area contributed by atoms with Crippen LogP contribution in [-0.4, -0.2) is 27.6 Å². The number of anilines is 1. The first-order chi connectivity index (χ1) is 10.2. The van der Waals surface area contributed by atoms with Gasteiger partial charge in [0.2, 0.25) is 0 Å². The Morgan fingerprint density at radius 2 is 2.33 bits per heavy atom. The molecule has 7 nitrogen and oxygen atoms in total. The average molecular weight is 290 g/mol. The number of nitro groups is 1. The summed E-state index contributed by atoms with van der Waals surface area (Å²) in [5, 5.41) is 14.2. The minimum Gasteiger partial charge on any atom is -0.487 e. The minimum atomic E-state index is -0.430. The van der Waals surface area contributed by atoms with Gasteiger partial charge >= 0.3 is 5.69 Å². The average Bonchev–Trinajstić information content (AvgIpc) is 2.98. The molecule has 0 unspecified atom stereocenters. The summed E-state index contributed by atoms with van der Waals surface area (Å²) in [7, 11) is 0. The van der Waals surface area contributed by atoms with E-state index in [0.29, 0.717) is 18.9 Å². The van der Waals surface area contributed by atoms with Gasteiger partial charge in [0.25, 0.3) is 0 Å². The first-order valence-electron chi connectivity index (χ1n) is 6.81. The quantitative estimate of drug-likeness (QED) is 0.597. The third-order valence-corrected chi connectivity index (χ3v) is 2.88. The van der Waals surface area contributed by atoms with Crippen molar-refractivity contribution < 1.29 is 9.66 Å². The van der Waals surface area contributed by atoms with Gasteiger partial charge in [0.05, 0.1) is 17.9 Å². The van der Waals surface area contributed by atoms with Crippen LogP contribution in [0.3, 0.4) is 0 Å². The summed E-state index contributed by atoms with van der Waals surface area (Å²) in [6, 6.07) is 4.82. The van der Waals surface area contributed by atoms with Crippen LogP contribution in [0.2, 0.25) is 0 Å². The number of aromatic nitrogens is 2. The maximum atomic E-state index is 11.0. The molecule has 112 valence electrons. The van der Waals surface area contributed by atoms with E-state index in [-0.39, 0.29) is 5.69 Å². The van der Waals surface area contributed by atoms with E-state index in [1.807, 2.05) is 17.7 Å². The van der Waals surface area contributed by atoms with Gasteiger partial charge in [0.1, 0.15) is 0 Å². The van der Waals surface area contributed by atoms with E-state index in [9.17, 15) is 10.1 Å². The van der Waals surface area contributed by atoms with Gasteiger partial charge in [-0.05, 0) is 12.5 Å². The molecule has 2 aromatic rings. The van der Waals surface area contributed by atoms with Crippen LogP contribution in [0.25, 0.3) is 0 Å². The van der Waals surface area contributed by atoms with Gasteiger partial charge in [0, 0.05) is 43.3 Å². The predicted octanol–water partition coefficient (Wildman–Crippen LogP) is 2.69. The number of benzene rings is 1. The van der Waals surface area contributed by atoms with Crippen LogP contribution in [0, 0.1) is 10.1 Å². The van der Waals surface area contributed by atoms with Crippen LogP contribution in [0.1, 0.15) is 13.3 Å². The Bertz CT molecular complexity index is 584. The summed E-state index contributed by atoms with van der Waals surface area (Å²) in [5.41, 5.74) is 0.787. The number of hydrogen-bond donors (Lipinski definition) is 1.